The van der Waals surface area contributed by atoms with Gasteiger partial charge in [-0.05, 0) is 20.3 Å². The minimum absolute atomic E-state index is 0.181. The van der Waals surface area contributed by atoms with Crippen molar-refractivity contribution in [3.63, 3.8) is 0 Å². The molecule has 3 unspecified atom stereocenters. The van der Waals surface area contributed by atoms with Crippen molar-refractivity contribution in [2.75, 3.05) is 13.1 Å². The van der Waals surface area contributed by atoms with Crippen LogP contribution < -0.4 is 5.32 Å². The average Bonchev–Trinajstić information content (AvgIpc) is 2.15. The van der Waals surface area contributed by atoms with Gasteiger partial charge < -0.3 is 5.32 Å². The lowest BCUT2D eigenvalue weighted by Crippen LogP contribution is -2.58. The summed E-state index contributed by atoms with van der Waals surface area (Å²) in [6, 6.07) is 0.0817. The third kappa shape index (κ3) is 3.94. The number of rotatable bonds is 3. The van der Waals surface area contributed by atoms with E-state index in [0.717, 1.165) is 19.5 Å². The number of hydrogen-bond donors (Lipinski definition) is 1. The summed E-state index contributed by atoms with van der Waals surface area (Å²) in [5, 5.41) is 3.34. The Hall–Kier alpha value is -0.290. The molecule has 1 aliphatic heterocycles. The summed E-state index contributed by atoms with van der Waals surface area (Å²) >= 11 is 0. The molecule has 3 atom stereocenters. The van der Waals surface area contributed by atoms with Gasteiger partial charge >= 0.3 is 6.18 Å². The van der Waals surface area contributed by atoms with E-state index in [2.05, 4.69) is 12.2 Å². The zero-order chi connectivity index (χ0) is 12.3. The van der Waals surface area contributed by atoms with Gasteiger partial charge in [0.1, 0.15) is 0 Å². The number of nitrogens with zero attached hydrogens (tertiary/aromatic N) is 1. The summed E-state index contributed by atoms with van der Waals surface area (Å²) in [5.74, 6) is 0. The molecule has 1 rings (SSSR count). The van der Waals surface area contributed by atoms with E-state index in [9.17, 15) is 13.2 Å². The fourth-order valence-electron chi connectivity index (χ4n) is 2.29. The Balaban J connectivity index is 2.55. The van der Waals surface area contributed by atoms with Crippen molar-refractivity contribution >= 4 is 0 Å². The minimum Gasteiger partial charge on any atom is -0.311 e. The summed E-state index contributed by atoms with van der Waals surface area (Å²) < 4.78 is 37.0. The van der Waals surface area contributed by atoms with Crippen LogP contribution in [0.5, 0.6) is 0 Å². The van der Waals surface area contributed by atoms with Gasteiger partial charge in [0.05, 0.1) is 6.42 Å². The average molecular weight is 238 g/mol. The van der Waals surface area contributed by atoms with E-state index in [4.69, 9.17) is 0 Å². The third-order valence-electron chi connectivity index (χ3n) is 3.29. The smallest absolute Gasteiger partial charge is 0.311 e. The second-order valence-corrected chi connectivity index (χ2v) is 4.73. The first-order valence-corrected chi connectivity index (χ1v) is 5.89. The standard InChI is InChI=1S/C11H21F3N2/c1-4-10-7-16(9(3)6-15-10)8(2)5-11(12,13)14/h8-10,15H,4-7H2,1-3H3. The van der Waals surface area contributed by atoms with E-state index < -0.39 is 18.6 Å². The molecule has 96 valence electrons. The van der Waals surface area contributed by atoms with Crippen molar-refractivity contribution in [1.82, 2.24) is 10.2 Å². The van der Waals surface area contributed by atoms with Crippen LogP contribution in [0.3, 0.4) is 0 Å². The normalized spacial score (nSPS) is 30.4. The van der Waals surface area contributed by atoms with Crippen LogP contribution >= 0.6 is 0 Å². The van der Waals surface area contributed by atoms with Crippen molar-refractivity contribution in [3.8, 4) is 0 Å². The van der Waals surface area contributed by atoms with Crippen LogP contribution in [0.1, 0.15) is 33.6 Å². The van der Waals surface area contributed by atoms with Gasteiger partial charge in [-0.15, -0.1) is 0 Å². The van der Waals surface area contributed by atoms with E-state index in [0.29, 0.717) is 6.04 Å². The van der Waals surface area contributed by atoms with Gasteiger partial charge in [-0.25, -0.2) is 0 Å². The van der Waals surface area contributed by atoms with Crippen LogP contribution in [-0.2, 0) is 0 Å². The van der Waals surface area contributed by atoms with Crippen molar-refractivity contribution < 1.29 is 13.2 Å². The summed E-state index contributed by atoms with van der Waals surface area (Å²) in [6.45, 7) is 7.20. The Morgan fingerprint density at radius 2 is 2.06 bits per heavy atom. The first-order valence-electron chi connectivity index (χ1n) is 5.89. The lowest BCUT2D eigenvalue weighted by Gasteiger charge is -2.42. The minimum atomic E-state index is -4.06. The van der Waals surface area contributed by atoms with Crippen molar-refractivity contribution in [2.24, 2.45) is 0 Å². The molecule has 0 saturated carbocycles. The fourth-order valence-corrected chi connectivity index (χ4v) is 2.29. The molecular formula is C11H21F3N2. The zero-order valence-electron chi connectivity index (χ0n) is 10.1. The Kier molecular flexibility index (Phi) is 4.62. The second kappa shape index (κ2) is 5.36. The van der Waals surface area contributed by atoms with Gasteiger partial charge in [0, 0.05) is 31.2 Å². The predicted molar refractivity (Wildman–Crippen MR) is 58.4 cm³/mol. The largest absolute Gasteiger partial charge is 0.390 e. The summed E-state index contributed by atoms with van der Waals surface area (Å²) in [7, 11) is 0. The number of halogens is 3. The van der Waals surface area contributed by atoms with Crippen LogP contribution in [0.4, 0.5) is 13.2 Å². The van der Waals surface area contributed by atoms with Gasteiger partial charge in [-0.3, -0.25) is 4.90 Å². The van der Waals surface area contributed by atoms with Gasteiger partial charge in [0.25, 0.3) is 0 Å². The molecule has 0 aromatic carbocycles. The van der Waals surface area contributed by atoms with Crippen LogP contribution in [0.2, 0.25) is 0 Å². The highest BCUT2D eigenvalue weighted by molar-refractivity contribution is 4.86. The molecule has 0 aromatic rings. The first-order chi connectivity index (χ1) is 7.33. The molecule has 1 fully saturated rings. The molecule has 0 aromatic heterocycles. The second-order valence-electron chi connectivity index (χ2n) is 4.73. The summed E-state index contributed by atoms with van der Waals surface area (Å²) in [6.07, 6.45) is -3.82. The number of alkyl halides is 3. The van der Waals surface area contributed by atoms with E-state index in [1.807, 2.05) is 11.8 Å². The van der Waals surface area contributed by atoms with Gasteiger partial charge in [0.15, 0.2) is 0 Å². The maximum absolute atomic E-state index is 12.3. The molecule has 1 N–H and O–H groups in total. The van der Waals surface area contributed by atoms with E-state index >= 15 is 0 Å². The number of nitrogens with one attached hydrogen (secondary N) is 1. The monoisotopic (exact) mass is 238 g/mol. The fraction of sp³-hybridized carbons (Fsp3) is 1.00. The molecule has 1 heterocycles. The Bertz CT molecular complexity index is 218. The number of piperazine rings is 1. The SMILES string of the molecule is CCC1CN(C(C)CC(F)(F)F)C(C)CN1. The molecule has 0 amide bonds. The topological polar surface area (TPSA) is 15.3 Å². The zero-order valence-corrected chi connectivity index (χ0v) is 10.1. The molecule has 2 nitrogen and oxygen atoms in total. The van der Waals surface area contributed by atoms with Crippen LogP contribution in [-0.4, -0.2) is 42.3 Å². The van der Waals surface area contributed by atoms with Gasteiger partial charge in [0.2, 0.25) is 0 Å². The Labute approximate surface area is 95.2 Å². The van der Waals surface area contributed by atoms with E-state index in [-0.39, 0.29) is 6.04 Å². The molecule has 0 aliphatic carbocycles. The molecule has 1 saturated heterocycles. The molecule has 0 radical (unpaired) electrons. The quantitative estimate of drug-likeness (QED) is 0.812. The van der Waals surface area contributed by atoms with Gasteiger partial charge in [-0.1, -0.05) is 6.92 Å². The van der Waals surface area contributed by atoms with Crippen LogP contribution in [0, 0.1) is 0 Å². The van der Waals surface area contributed by atoms with E-state index in [1.165, 1.54) is 0 Å². The van der Waals surface area contributed by atoms with Gasteiger partial charge in [-0.2, -0.15) is 13.2 Å². The predicted octanol–water partition coefficient (Wildman–Crippen LogP) is 2.40. The first kappa shape index (κ1) is 13.8. The molecular weight excluding hydrogens is 217 g/mol. The molecule has 16 heavy (non-hydrogen) atoms. The third-order valence-corrected chi connectivity index (χ3v) is 3.29. The maximum Gasteiger partial charge on any atom is 0.390 e. The Morgan fingerprint density at radius 1 is 1.44 bits per heavy atom. The molecule has 5 heteroatoms. The van der Waals surface area contributed by atoms with Crippen molar-refractivity contribution in [2.45, 2.75) is 57.9 Å². The highest BCUT2D eigenvalue weighted by atomic mass is 19.4. The van der Waals surface area contributed by atoms with Crippen molar-refractivity contribution in [3.05, 3.63) is 0 Å². The molecule has 1 aliphatic rings. The number of hydrogen-bond acceptors (Lipinski definition) is 2. The summed E-state index contributed by atoms with van der Waals surface area (Å²) in [5.41, 5.74) is 0. The molecule has 0 spiro atoms. The highest BCUT2D eigenvalue weighted by Gasteiger charge is 2.35. The Morgan fingerprint density at radius 3 is 2.56 bits per heavy atom. The van der Waals surface area contributed by atoms with Crippen molar-refractivity contribution in [1.29, 1.82) is 0 Å². The lowest BCUT2D eigenvalue weighted by atomic mass is 10.0. The van der Waals surface area contributed by atoms with Crippen LogP contribution in [0.25, 0.3) is 0 Å². The highest BCUT2D eigenvalue weighted by Crippen LogP contribution is 2.25. The summed E-state index contributed by atoms with van der Waals surface area (Å²) in [4.78, 5) is 1.97. The lowest BCUT2D eigenvalue weighted by molar-refractivity contribution is -0.148. The van der Waals surface area contributed by atoms with E-state index in [1.54, 1.807) is 6.92 Å². The maximum atomic E-state index is 12.3. The molecule has 0 bridgehead atoms. The van der Waals surface area contributed by atoms with Crippen LogP contribution in [0.15, 0.2) is 0 Å².